The van der Waals surface area contributed by atoms with Crippen molar-refractivity contribution in [1.82, 2.24) is 9.88 Å². The standard InChI is InChI=1S/C12H15N3O2/c1-10(12(16)17)8-15(7-4-13)9-11-2-5-14-6-3-11/h2-3,5-6,10H,7-9H2,1H3,(H,16,17). The number of nitriles is 1. The van der Waals surface area contributed by atoms with E-state index in [-0.39, 0.29) is 6.54 Å². The van der Waals surface area contributed by atoms with Crippen LogP contribution in [0.1, 0.15) is 12.5 Å². The number of carboxylic acids is 1. The maximum absolute atomic E-state index is 10.8. The number of aromatic nitrogens is 1. The lowest BCUT2D eigenvalue weighted by Crippen LogP contribution is -2.31. The van der Waals surface area contributed by atoms with Gasteiger partial charge in [0.2, 0.25) is 0 Å². The Bertz CT molecular complexity index is 400. The molecular formula is C12H15N3O2. The van der Waals surface area contributed by atoms with Crippen molar-refractivity contribution in [1.29, 1.82) is 5.26 Å². The van der Waals surface area contributed by atoms with Crippen molar-refractivity contribution in [3.63, 3.8) is 0 Å². The van der Waals surface area contributed by atoms with Crippen molar-refractivity contribution in [2.24, 2.45) is 5.92 Å². The van der Waals surface area contributed by atoms with Gasteiger partial charge < -0.3 is 5.11 Å². The minimum absolute atomic E-state index is 0.222. The Morgan fingerprint density at radius 1 is 1.59 bits per heavy atom. The Balaban J connectivity index is 2.61. The molecule has 1 atom stereocenters. The quantitative estimate of drug-likeness (QED) is 0.745. The molecule has 1 aromatic heterocycles. The second-order valence-corrected chi connectivity index (χ2v) is 3.92. The van der Waals surface area contributed by atoms with E-state index in [1.165, 1.54) is 0 Å². The van der Waals surface area contributed by atoms with Crippen molar-refractivity contribution in [3.05, 3.63) is 30.1 Å². The summed E-state index contributed by atoms with van der Waals surface area (Å²) in [5.41, 5.74) is 1.02. The first-order chi connectivity index (χ1) is 8.13. The fraction of sp³-hybridized carbons (Fsp3) is 0.417. The minimum atomic E-state index is -0.845. The van der Waals surface area contributed by atoms with Gasteiger partial charge in [0.05, 0.1) is 18.5 Å². The van der Waals surface area contributed by atoms with Gasteiger partial charge in [-0.05, 0) is 17.7 Å². The Morgan fingerprint density at radius 3 is 2.76 bits per heavy atom. The molecule has 0 aliphatic heterocycles. The van der Waals surface area contributed by atoms with Crippen molar-refractivity contribution in [2.75, 3.05) is 13.1 Å². The summed E-state index contributed by atoms with van der Waals surface area (Å²) in [4.78, 5) is 16.5. The first kappa shape index (κ1) is 13.1. The summed E-state index contributed by atoms with van der Waals surface area (Å²) in [6.07, 6.45) is 3.36. The molecule has 0 saturated carbocycles. The van der Waals surface area contributed by atoms with E-state index >= 15 is 0 Å². The zero-order valence-electron chi connectivity index (χ0n) is 9.71. The van der Waals surface area contributed by atoms with Crippen LogP contribution in [-0.2, 0) is 11.3 Å². The average molecular weight is 233 g/mol. The lowest BCUT2D eigenvalue weighted by Gasteiger charge is -2.21. The van der Waals surface area contributed by atoms with Crippen LogP contribution in [0.5, 0.6) is 0 Å². The van der Waals surface area contributed by atoms with Crippen molar-refractivity contribution in [2.45, 2.75) is 13.5 Å². The number of hydrogen-bond acceptors (Lipinski definition) is 4. The Kier molecular flexibility index (Phi) is 5.11. The molecule has 1 unspecified atom stereocenters. The molecule has 0 amide bonds. The van der Waals surface area contributed by atoms with E-state index in [0.29, 0.717) is 13.1 Å². The van der Waals surface area contributed by atoms with Gasteiger partial charge in [0.25, 0.3) is 0 Å². The molecule has 1 rings (SSSR count). The van der Waals surface area contributed by atoms with Crippen LogP contribution < -0.4 is 0 Å². The molecule has 5 heteroatoms. The van der Waals surface area contributed by atoms with Crippen LogP contribution in [0.15, 0.2) is 24.5 Å². The maximum Gasteiger partial charge on any atom is 0.307 e. The smallest absolute Gasteiger partial charge is 0.307 e. The number of pyridine rings is 1. The molecule has 0 radical (unpaired) electrons. The summed E-state index contributed by atoms with van der Waals surface area (Å²) in [5, 5.41) is 17.6. The van der Waals surface area contributed by atoms with Gasteiger partial charge >= 0.3 is 5.97 Å². The van der Waals surface area contributed by atoms with Gasteiger partial charge in [-0.2, -0.15) is 5.26 Å². The Morgan fingerprint density at radius 2 is 2.24 bits per heavy atom. The van der Waals surface area contributed by atoms with Gasteiger partial charge in [-0.1, -0.05) is 6.92 Å². The van der Waals surface area contributed by atoms with E-state index < -0.39 is 11.9 Å². The first-order valence-corrected chi connectivity index (χ1v) is 5.34. The van der Waals surface area contributed by atoms with E-state index in [9.17, 15) is 4.79 Å². The summed E-state index contributed by atoms with van der Waals surface area (Å²) in [7, 11) is 0. The zero-order chi connectivity index (χ0) is 12.7. The summed E-state index contributed by atoms with van der Waals surface area (Å²) in [6.45, 7) is 2.79. The second kappa shape index (κ2) is 6.61. The van der Waals surface area contributed by atoms with Crippen LogP contribution in [0, 0.1) is 17.2 Å². The Labute approximate surface area is 100 Å². The molecule has 17 heavy (non-hydrogen) atoms. The third kappa shape index (κ3) is 4.62. The van der Waals surface area contributed by atoms with E-state index in [2.05, 4.69) is 4.98 Å². The van der Waals surface area contributed by atoms with Crippen LogP contribution in [0.2, 0.25) is 0 Å². The van der Waals surface area contributed by atoms with Crippen LogP contribution in [0.25, 0.3) is 0 Å². The molecule has 0 aliphatic rings. The second-order valence-electron chi connectivity index (χ2n) is 3.92. The highest BCUT2D eigenvalue weighted by Crippen LogP contribution is 2.06. The fourth-order valence-electron chi connectivity index (χ4n) is 1.50. The van der Waals surface area contributed by atoms with Crippen molar-refractivity contribution in [3.8, 4) is 6.07 Å². The molecule has 0 bridgehead atoms. The normalized spacial score (nSPS) is 12.1. The molecule has 1 heterocycles. The Hall–Kier alpha value is -1.93. The van der Waals surface area contributed by atoms with Crippen LogP contribution in [-0.4, -0.2) is 34.0 Å². The third-order valence-electron chi connectivity index (χ3n) is 2.40. The topological polar surface area (TPSA) is 77.2 Å². The molecule has 0 spiro atoms. The molecule has 1 aromatic rings. The number of rotatable bonds is 6. The SMILES string of the molecule is CC(CN(CC#N)Cc1ccncc1)C(=O)O. The number of nitrogens with zero attached hydrogens (tertiary/aromatic N) is 3. The predicted octanol–water partition coefficient (Wildman–Crippen LogP) is 1.13. The molecule has 1 N–H and O–H groups in total. The summed E-state index contributed by atoms with van der Waals surface area (Å²) < 4.78 is 0. The van der Waals surface area contributed by atoms with Gasteiger partial charge in [0.1, 0.15) is 0 Å². The molecule has 0 aliphatic carbocycles. The van der Waals surface area contributed by atoms with E-state index in [0.717, 1.165) is 5.56 Å². The van der Waals surface area contributed by atoms with E-state index in [1.54, 1.807) is 19.3 Å². The first-order valence-electron chi connectivity index (χ1n) is 5.34. The van der Waals surface area contributed by atoms with E-state index in [1.807, 2.05) is 23.1 Å². The highest BCUT2D eigenvalue weighted by atomic mass is 16.4. The number of hydrogen-bond donors (Lipinski definition) is 1. The molecule has 0 fully saturated rings. The number of aliphatic carboxylic acids is 1. The van der Waals surface area contributed by atoms with Gasteiger partial charge in [0, 0.05) is 25.5 Å². The fourth-order valence-corrected chi connectivity index (χ4v) is 1.50. The molecule has 90 valence electrons. The van der Waals surface area contributed by atoms with Gasteiger partial charge in [0.15, 0.2) is 0 Å². The monoisotopic (exact) mass is 233 g/mol. The largest absolute Gasteiger partial charge is 0.481 e. The number of carboxylic acid groups (broad SMARTS) is 1. The van der Waals surface area contributed by atoms with Crippen LogP contribution in [0.4, 0.5) is 0 Å². The summed E-state index contributed by atoms with van der Waals surface area (Å²) >= 11 is 0. The van der Waals surface area contributed by atoms with Gasteiger partial charge in [-0.25, -0.2) is 0 Å². The predicted molar refractivity (Wildman–Crippen MR) is 61.9 cm³/mol. The number of carbonyl (C=O) groups is 1. The molecule has 5 nitrogen and oxygen atoms in total. The lowest BCUT2D eigenvalue weighted by molar-refractivity contribution is -0.141. The minimum Gasteiger partial charge on any atom is -0.481 e. The summed E-state index contributed by atoms with van der Waals surface area (Å²) in [5.74, 6) is -1.33. The maximum atomic E-state index is 10.8. The van der Waals surface area contributed by atoms with Gasteiger partial charge in [-0.15, -0.1) is 0 Å². The van der Waals surface area contributed by atoms with Crippen molar-refractivity contribution >= 4 is 5.97 Å². The molecular weight excluding hydrogens is 218 g/mol. The van der Waals surface area contributed by atoms with Crippen LogP contribution in [0.3, 0.4) is 0 Å². The third-order valence-corrected chi connectivity index (χ3v) is 2.40. The van der Waals surface area contributed by atoms with E-state index in [4.69, 9.17) is 10.4 Å². The lowest BCUT2D eigenvalue weighted by atomic mass is 10.1. The van der Waals surface area contributed by atoms with Crippen molar-refractivity contribution < 1.29 is 9.90 Å². The highest BCUT2D eigenvalue weighted by Gasteiger charge is 2.16. The summed E-state index contributed by atoms with van der Waals surface area (Å²) in [6, 6.07) is 5.76. The zero-order valence-corrected chi connectivity index (χ0v) is 9.71. The average Bonchev–Trinajstić information content (AvgIpc) is 2.30. The highest BCUT2D eigenvalue weighted by molar-refractivity contribution is 5.69. The molecule has 0 saturated heterocycles. The van der Waals surface area contributed by atoms with Gasteiger partial charge in [-0.3, -0.25) is 14.7 Å². The molecule has 0 aromatic carbocycles. The van der Waals surface area contributed by atoms with Crippen LogP contribution >= 0.6 is 0 Å².